The molecule has 0 bridgehead atoms. The number of primary amides is 1. The summed E-state index contributed by atoms with van der Waals surface area (Å²) in [6, 6.07) is 6.88. The Bertz CT molecular complexity index is 515. The second-order valence-electron chi connectivity index (χ2n) is 4.54. The largest absolute Gasteiger partial charge is 0.370 e. The van der Waals surface area contributed by atoms with E-state index < -0.39 is 5.91 Å². The number of benzene rings is 1. The van der Waals surface area contributed by atoms with Crippen LogP contribution in [0.25, 0.3) is 0 Å². The van der Waals surface area contributed by atoms with Gasteiger partial charge in [0.15, 0.2) is 5.12 Å². The van der Waals surface area contributed by atoms with E-state index in [0.29, 0.717) is 10.5 Å². The molecule has 0 fully saturated rings. The van der Waals surface area contributed by atoms with E-state index in [-0.39, 0.29) is 29.9 Å². The maximum absolute atomic E-state index is 12.0. The Balaban J connectivity index is 2.76. The lowest BCUT2D eigenvalue weighted by atomic mass is 10.2. The number of rotatable bonds is 6. The zero-order valence-electron chi connectivity index (χ0n) is 11.5. The summed E-state index contributed by atoms with van der Waals surface area (Å²) in [4.78, 5) is 35.0. The monoisotopic (exact) mass is 294 g/mol. The van der Waals surface area contributed by atoms with E-state index in [0.717, 1.165) is 11.8 Å². The van der Waals surface area contributed by atoms with Crippen molar-refractivity contribution in [2.75, 3.05) is 6.54 Å². The van der Waals surface area contributed by atoms with Gasteiger partial charge in [0.2, 0.25) is 5.91 Å². The molecule has 0 unspecified atom stereocenters. The summed E-state index contributed by atoms with van der Waals surface area (Å²) in [5.41, 5.74) is 5.43. The van der Waals surface area contributed by atoms with Gasteiger partial charge in [0.25, 0.3) is 5.91 Å². The molecule has 1 aromatic rings. The Morgan fingerprint density at radius 2 is 1.90 bits per heavy atom. The number of hydrogen-bond donors (Lipinski definition) is 2. The molecular weight excluding hydrogens is 276 g/mol. The van der Waals surface area contributed by atoms with Gasteiger partial charge >= 0.3 is 0 Å². The van der Waals surface area contributed by atoms with Crippen molar-refractivity contribution >= 4 is 28.7 Å². The first-order valence-corrected chi connectivity index (χ1v) is 7.10. The highest BCUT2D eigenvalue weighted by Gasteiger charge is 2.16. The zero-order chi connectivity index (χ0) is 15.1. The topological polar surface area (TPSA) is 89.3 Å². The Labute approximate surface area is 122 Å². The lowest BCUT2D eigenvalue weighted by molar-refractivity contribution is -0.118. The summed E-state index contributed by atoms with van der Waals surface area (Å²) in [7, 11) is 0. The minimum atomic E-state index is -0.469. The lowest BCUT2D eigenvalue weighted by Gasteiger charge is -2.09. The fourth-order valence-electron chi connectivity index (χ4n) is 1.36. The first kappa shape index (κ1) is 16.2. The van der Waals surface area contributed by atoms with Crippen molar-refractivity contribution in [3.63, 3.8) is 0 Å². The number of thioether (sulfide) groups is 1. The first-order valence-electron chi connectivity index (χ1n) is 6.29. The second-order valence-corrected chi connectivity index (χ2v) is 5.59. The predicted molar refractivity (Wildman–Crippen MR) is 78.3 cm³/mol. The van der Waals surface area contributed by atoms with Crippen LogP contribution in [-0.2, 0) is 9.59 Å². The zero-order valence-corrected chi connectivity index (χ0v) is 12.3. The van der Waals surface area contributed by atoms with Crippen molar-refractivity contribution in [1.82, 2.24) is 5.32 Å². The number of hydrogen-bond acceptors (Lipinski definition) is 4. The van der Waals surface area contributed by atoms with Crippen molar-refractivity contribution in [2.24, 2.45) is 11.7 Å². The van der Waals surface area contributed by atoms with Crippen LogP contribution in [0.5, 0.6) is 0 Å². The van der Waals surface area contributed by atoms with E-state index in [9.17, 15) is 14.4 Å². The Morgan fingerprint density at radius 1 is 1.25 bits per heavy atom. The summed E-state index contributed by atoms with van der Waals surface area (Å²) in [6.07, 6.45) is 0.0893. The van der Waals surface area contributed by atoms with Crippen molar-refractivity contribution in [2.45, 2.75) is 25.2 Å². The molecule has 3 N–H and O–H groups in total. The molecule has 0 spiro atoms. The summed E-state index contributed by atoms with van der Waals surface area (Å²) in [5, 5.41) is 2.61. The summed E-state index contributed by atoms with van der Waals surface area (Å²) in [6.45, 7) is 3.81. The van der Waals surface area contributed by atoms with Gasteiger partial charge in [-0.25, -0.2) is 0 Å². The lowest BCUT2D eigenvalue weighted by Crippen LogP contribution is -2.28. The minimum absolute atomic E-state index is 0.00221. The fraction of sp³-hybridized carbons (Fsp3) is 0.357. The van der Waals surface area contributed by atoms with Gasteiger partial charge in [0, 0.05) is 23.8 Å². The molecule has 0 radical (unpaired) electrons. The van der Waals surface area contributed by atoms with E-state index in [4.69, 9.17) is 5.73 Å². The Hall–Kier alpha value is -1.82. The molecule has 108 valence electrons. The van der Waals surface area contributed by atoms with Gasteiger partial charge in [-0.3, -0.25) is 14.4 Å². The van der Waals surface area contributed by atoms with E-state index in [1.807, 2.05) is 13.8 Å². The molecule has 0 saturated carbocycles. The maximum atomic E-state index is 12.0. The summed E-state index contributed by atoms with van der Waals surface area (Å²) in [5.74, 6) is -0.889. The molecule has 0 heterocycles. The maximum Gasteiger partial charge on any atom is 0.252 e. The van der Waals surface area contributed by atoms with E-state index in [1.165, 1.54) is 0 Å². The van der Waals surface area contributed by atoms with E-state index >= 15 is 0 Å². The van der Waals surface area contributed by atoms with Crippen LogP contribution in [0.3, 0.4) is 0 Å². The molecule has 0 aliphatic rings. The number of nitrogens with one attached hydrogen (secondary N) is 1. The molecule has 1 aromatic carbocycles. The van der Waals surface area contributed by atoms with Crippen molar-refractivity contribution in [3.8, 4) is 0 Å². The molecule has 6 heteroatoms. The Morgan fingerprint density at radius 3 is 2.50 bits per heavy atom. The standard InChI is InChI=1S/C14H18N2O3S/c1-9(2)14(19)20-11-6-4-3-5-10(11)13(18)16-8-7-12(15)17/h3-6,9H,7-8H2,1-2H3,(H2,15,17)(H,16,18). The first-order chi connectivity index (χ1) is 9.41. The Kier molecular flexibility index (Phi) is 6.24. The fourth-order valence-corrected chi connectivity index (χ4v) is 2.23. The second kappa shape index (κ2) is 7.69. The number of amides is 2. The molecule has 0 atom stereocenters. The predicted octanol–water partition coefficient (Wildman–Crippen LogP) is 1.57. The number of carbonyl (C=O) groups is 3. The highest BCUT2D eigenvalue weighted by molar-refractivity contribution is 8.13. The molecule has 0 aromatic heterocycles. The van der Waals surface area contributed by atoms with Gasteiger partial charge in [-0.15, -0.1) is 0 Å². The van der Waals surface area contributed by atoms with Crippen LogP contribution in [0.4, 0.5) is 0 Å². The smallest absolute Gasteiger partial charge is 0.252 e. The molecule has 0 aliphatic carbocycles. The van der Waals surface area contributed by atoms with Gasteiger partial charge in [0.1, 0.15) is 0 Å². The molecule has 0 saturated heterocycles. The van der Waals surface area contributed by atoms with E-state index in [1.54, 1.807) is 24.3 Å². The van der Waals surface area contributed by atoms with Crippen LogP contribution in [0.15, 0.2) is 29.2 Å². The molecule has 5 nitrogen and oxygen atoms in total. The molecule has 0 aliphatic heterocycles. The van der Waals surface area contributed by atoms with Gasteiger partial charge in [-0.05, 0) is 12.1 Å². The minimum Gasteiger partial charge on any atom is -0.370 e. The average Bonchev–Trinajstić information content (AvgIpc) is 2.38. The highest BCUT2D eigenvalue weighted by Crippen LogP contribution is 2.25. The van der Waals surface area contributed by atoms with Crippen molar-refractivity contribution in [3.05, 3.63) is 29.8 Å². The summed E-state index contributed by atoms with van der Waals surface area (Å²) >= 11 is 1.06. The summed E-state index contributed by atoms with van der Waals surface area (Å²) < 4.78 is 0. The molecule has 2 amide bonds. The number of carbonyl (C=O) groups excluding carboxylic acids is 3. The van der Waals surface area contributed by atoms with Gasteiger partial charge < -0.3 is 11.1 Å². The molecular formula is C14H18N2O3S. The van der Waals surface area contributed by atoms with Crippen LogP contribution < -0.4 is 11.1 Å². The molecule has 1 rings (SSSR count). The third kappa shape index (κ3) is 5.05. The SMILES string of the molecule is CC(C)C(=O)Sc1ccccc1C(=O)NCCC(N)=O. The highest BCUT2D eigenvalue weighted by atomic mass is 32.2. The normalized spacial score (nSPS) is 10.3. The van der Waals surface area contributed by atoms with Gasteiger partial charge in [-0.1, -0.05) is 37.7 Å². The average molecular weight is 294 g/mol. The van der Waals surface area contributed by atoms with Gasteiger partial charge in [-0.2, -0.15) is 0 Å². The third-order valence-corrected chi connectivity index (χ3v) is 3.72. The van der Waals surface area contributed by atoms with Crippen LogP contribution in [0.2, 0.25) is 0 Å². The van der Waals surface area contributed by atoms with E-state index in [2.05, 4.69) is 5.32 Å². The number of nitrogens with two attached hydrogens (primary N) is 1. The van der Waals surface area contributed by atoms with Crippen LogP contribution in [0.1, 0.15) is 30.6 Å². The van der Waals surface area contributed by atoms with Gasteiger partial charge in [0.05, 0.1) is 5.56 Å². The van der Waals surface area contributed by atoms with Crippen LogP contribution in [-0.4, -0.2) is 23.5 Å². The molecule has 20 heavy (non-hydrogen) atoms. The quantitative estimate of drug-likeness (QED) is 0.779. The van der Waals surface area contributed by atoms with Crippen LogP contribution >= 0.6 is 11.8 Å². The third-order valence-electron chi connectivity index (χ3n) is 2.47. The van der Waals surface area contributed by atoms with Crippen molar-refractivity contribution < 1.29 is 14.4 Å². The van der Waals surface area contributed by atoms with Crippen LogP contribution in [0, 0.1) is 5.92 Å². The van der Waals surface area contributed by atoms with Crippen molar-refractivity contribution in [1.29, 1.82) is 0 Å².